The smallest absolute Gasteiger partial charge is 0.233 e. The molecule has 0 spiro atoms. The van der Waals surface area contributed by atoms with E-state index in [2.05, 4.69) is 5.32 Å². The van der Waals surface area contributed by atoms with Crippen molar-refractivity contribution in [2.24, 2.45) is 5.73 Å². The fraction of sp³-hybridized carbons (Fsp3) is 0.900. The highest BCUT2D eigenvalue weighted by molar-refractivity contribution is 5.77. The van der Waals surface area contributed by atoms with Crippen LogP contribution in [0.4, 0.5) is 0 Å². The Kier molecular flexibility index (Phi) is 8.27. The summed E-state index contributed by atoms with van der Waals surface area (Å²) in [4.78, 5) is 13.2. The fourth-order valence-corrected chi connectivity index (χ4v) is 1.31. The zero-order valence-corrected chi connectivity index (χ0v) is 9.95. The van der Waals surface area contributed by atoms with Gasteiger partial charge in [-0.1, -0.05) is 6.92 Å². The summed E-state index contributed by atoms with van der Waals surface area (Å²) in [7, 11) is 1.64. The van der Waals surface area contributed by atoms with Crippen LogP contribution in [0.2, 0.25) is 0 Å². The van der Waals surface area contributed by atoms with Crippen LogP contribution in [0.1, 0.15) is 13.8 Å². The van der Waals surface area contributed by atoms with Gasteiger partial charge in [0.15, 0.2) is 0 Å². The zero-order chi connectivity index (χ0) is 11.7. The summed E-state index contributed by atoms with van der Waals surface area (Å²) in [6.07, 6.45) is 0.0135. The second kappa shape index (κ2) is 8.64. The lowest BCUT2D eigenvalue weighted by atomic mass is 10.3. The molecule has 0 saturated carbocycles. The summed E-state index contributed by atoms with van der Waals surface area (Å²) in [5, 5.41) is 2.60. The number of carbonyl (C=O) groups excluding carboxylic acids is 1. The number of hydrogen-bond donors (Lipinski definition) is 2. The van der Waals surface area contributed by atoms with Crippen molar-refractivity contribution in [2.75, 3.05) is 39.8 Å². The number of likely N-dealkylation sites (N-methyl/N-ethyl adjacent to an activating group) is 2. The Bertz CT molecular complexity index is 176. The maximum Gasteiger partial charge on any atom is 0.233 e. The van der Waals surface area contributed by atoms with Gasteiger partial charge in [0.2, 0.25) is 5.91 Å². The number of nitrogens with zero attached hydrogens (tertiary/aromatic N) is 1. The van der Waals surface area contributed by atoms with Crippen LogP contribution in [-0.4, -0.2) is 56.7 Å². The van der Waals surface area contributed by atoms with E-state index < -0.39 is 0 Å². The minimum absolute atomic E-state index is 0.0135. The lowest BCUT2D eigenvalue weighted by Crippen LogP contribution is -2.42. The van der Waals surface area contributed by atoms with Gasteiger partial charge >= 0.3 is 0 Å². The standard InChI is InChI=1S/C10H23N3O2/c1-4-13(8-10(14)12-3)7-9(6-11)15-5-2/h9H,4-8,11H2,1-3H3,(H,12,14). The lowest BCUT2D eigenvalue weighted by Gasteiger charge is -2.24. The van der Waals surface area contributed by atoms with Gasteiger partial charge < -0.3 is 15.8 Å². The molecular formula is C10H23N3O2. The number of amides is 1. The number of carbonyl (C=O) groups is 1. The third-order valence-corrected chi connectivity index (χ3v) is 2.22. The van der Waals surface area contributed by atoms with E-state index in [0.717, 1.165) is 6.54 Å². The molecule has 0 rings (SSSR count). The Morgan fingerprint density at radius 3 is 2.60 bits per heavy atom. The molecule has 1 amide bonds. The van der Waals surface area contributed by atoms with Crippen LogP contribution in [0.3, 0.4) is 0 Å². The Labute approximate surface area is 91.9 Å². The zero-order valence-electron chi connectivity index (χ0n) is 9.95. The second-order valence-electron chi connectivity index (χ2n) is 3.31. The number of hydrogen-bond acceptors (Lipinski definition) is 4. The van der Waals surface area contributed by atoms with E-state index in [9.17, 15) is 4.79 Å². The maximum absolute atomic E-state index is 11.2. The molecule has 1 atom stereocenters. The first-order valence-corrected chi connectivity index (χ1v) is 5.42. The molecule has 0 radical (unpaired) electrons. The molecular weight excluding hydrogens is 194 g/mol. The van der Waals surface area contributed by atoms with Crippen LogP contribution in [0.5, 0.6) is 0 Å². The van der Waals surface area contributed by atoms with Crippen molar-refractivity contribution in [3.05, 3.63) is 0 Å². The molecule has 90 valence electrons. The normalized spacial score (nSPS) is 12.9. The molecule has 0 aromatic carbocycles. The van der Waals surface area contributed by atoms with Crippen LogP contribution in [-0.2, 0) is 9.53 Å². The second-order valence-corrected chi connectivity index (χ2v) is 3.31. The predicted molar refractivity (Wildman–Crippen MR) is 60.6 cm³/mol. The molecule has 0 bridgehead atoms. The summed E-state index contributed by atoms with van der Waals surface area (Å²) in [5.41, 5.74) is 5.57. The Morgan fingerprint density at radius 2 is 2.20 bits per heavy atom. The molecule has 0 aliphatic heterocycles. The first-order chi connectivity index (χ1) is 7.17. The van der Waals surface area contributed by atoms with Crippen molar-refractivity contribution in [3.8, 4) is 0 Å². The molecule has 0 aromatic rings. The highest BCUT2D eigenvalue weighted by atomic mass is 16.5. The van der Waals surface area contributed by atoms with E-state index in [1.807, 2.05) is 18.7 Å². The van der Waals surface area contributed by atoms with E-state index in [4.69, 9.17) is 10.5 Å². The largest absolute Gasteiger partial charge is 0.376 e. The summed E-state index contributed by atoms with van der Waals surface area (Å²) in [6.45, 7) is 7.01. The van der Waals surface area contributed by atoms with E-state index in [0.29, 0.717) is 26.2 Å². The van der Waals surface area contributed by atoms with Gasteiger partial charge in [0, 0.05) is 26.7 Å². The maximum atomic E-state index is 11.2. The molecule has 0 aliphatic carbocycles. The molecule has 3 N–H and O–H groups in total. The summed E-state index contributed by atoms with van der Waals surface area (Å²) in [6, 6.07) is 0. The van der Waals surface area contributed by atoms with Gasteiger partial charge in [-0.05, 0) is 13.5 Å². The van der Waals surface area contributed by atoms with Crippen molar-refractivity contribution >= 4 is 5.91 Å². The van der Waals surface area contributed by atoms with Gasteiger partial charge in [0.05, 0.1) is 12.6 Å². The summed E-state index contributed by atoms with van der Waals surface area (Å²) < 4.78 is 5.44. The Balaban J connectivity index is 3.99. The third kappa shape index (κ3) is 6.43. The molecule has 0 aromatic heterocycles. The molecule has 0 fully saturated rings. The van der Waals surface area contributed by atoms with Crippen molar-refractivity contribution in [2.45, 2.75) is 20.0 Å². The molecule has 1 unspecified atom stereocenters. The van der Waals surface area contributed by atoms with Crippen molar-refractivity contribution in [3.63, 3.8) is 0 Å². The summed E-state index contributed by atoms with van der Waals surface area (Å²) >= 11 is 0. The van der Waals surface area contributed by atoms with Gasteiger partial charge in [-0.2, -0.15) is 0 Å². The monoisotopic (exact) mass is 217 g/mol. The highest BCUT2D eigenvalue weighted by Crippen LogP contribution is 1.96. The van der Waals surface area contributed by atoms with Crippen LogP contribution in [0.25, 0.3) is 0 Å². The van der Waals surface area contributed by atoms with Gasteiger partial charge in [-0.25, -0.2) is 0 Å². The summed E-state index contributed by atoms with van der Waals surface area (Å²) in [5.74, 6) is 0.0177. The Hall–Kier alpha value is -0.650. The first kappa shape index (κ1) is 14.3. The van der Waals surface area contributed by atoms with Crippen molar-refractivity contribution in [1.82, 2.24) is 10.2 Å². The minimum Gasteiger partial charge on any atom is -0.376 e. The quantitative estimate of drug-likeness (QED) is 0.571. The van der Waals surface area contributed by atoms with Gasteiger partial charge in [-0.15, -0.1) is 0 Å². The molecule has 0 aliphatic rings. The predicted octanol–water partition coefficient (Wildman–Crippen LogP) is -0.582. The van der Waals surface area contributed by atoms with Crippen LogP contribution in [0, 0.1) is 0 Å². The van der Waals surface area contributed by atoms with E-state index in [1.165, 1.54) is 0 Å². The molecule has 0 heterocycles. The van der Waals surface area contributed by atoms with Gasteiger partial charge in [0.1, 0.15) is 0 Å². The lowest BCUT2D eigenvalue weighted by molar-refractivity contribution is -0.122. The molecule has 5 heteroatoms. The third-order valence-electron chi connectivity index (χ3n) is 2.22. The van der Waals surface area contributed by atoms with Crippen LogP contribution >= 0.6 is 0 Å². The first-order valence-electron chi connectivity index (χ1n) is 5.42. The number of nitrogens with one attached hydrogen (secondary N) is 1. The SMILES string of the molecule is CCOC(CN)CN(CC)CC(=O)NC. The number of rotatable bonds is 8. The van der Waals surface area contributed by atoms with E-state index in [-0.39, 0.29) is 12.0 Å². The molecule has 15 heavy (non-hydrogen) atoms. The van der Waals surface area contributed by atoms with Gasteiger partial charge in [-0.3, -0.25) is 9.69 Å². The highest BCUT2D eigenvalue weighted by Gasteiger charge is 2.13. The molecule has 5 nitrogen and oxygen atoms in total. The van der Waals surface area contributed by atoms with E-state index >= 15 is 0 Å². The average molecular weight is 217 g/mol. The number of ether oxygens (including phenoxy) is 1. The average Bonchev–Trinajstić information content (AvgIpc) is 2.26. The Morgan fingerprint density at radius 1 is 1.53 bits per heavy atom. The number of nitrogens with two attached hydrogens (primary N) is 1. The van der Waals surface area contributed by atoms with Crippen LogP contribution in [0.15, 0.2) is 0 Å². The molecule has 0 saturated heterocycles. The minimum atomic E-state index is 0.0135. The van der Waals surface area contributed by atoms with E-state index in [1.54, 1.807) is 7.05 Å². The van der Waals surface area contributed by atoms with Crippen LogP contribution < -0.4 is 11.1 Å². The van der Waals surface area contributed by atoms with Gasteiger partial charge in [0.25, 0.3) is 0 Å². The fourth-order valence-electron chi connectivity index (χ4n) is 1.31. The topological polar surface area (TPSA) is 67.6 Å². The van der Waals surface area contributed by atoms with Crippen molar-refractivity contribution in [1.29, 1.82) is 0 Å². The van der Waals surface area contributed by atoms with Crippen molar-refractivity contribution < 1.29 is 9.53 Å².